The summed E-state index contributed by atoms with van der Waals surface area (Å²) in [6, 6.07) is 7.33. The van der Waals surface area contributed by atoms with Crippen LogP contribution in [0.1, 0.15) is 10.4 Å². The van der Waals surface area contributed by atoms with E-state index in [4.69, 9.17) is 10.00 Å². The highest BCUT2D eigenvalue weighted by atomic mass is 16.5. The van der Waals surface area contributed by atoms with E-state index in [2.05, 4.69) is 11.3 Å². The van der Waals surface area contributed by atoms with Gasteiger partial charge < -0.3 is 14.5 Å². The molecule has 2 atom stereocenters. The van der Waals surface area contributed by atoms with Gasteiger partial charge in [0.15, 0.2) is 6.19 Å². The molecule has 2 aromatic rings. The largest absolute Gasteiger partial charge is 0.377 e. The highest BCUT2D eigenvalue weighted by molar-refractivity contribution is 5.94. The van der Waals surface area contributed by atoms with Gasteiger partial charge in [0.25, 0.3) is 5.91 Å². The summed E-state index contributed by atoms with van der Waals surface area (Å²) < 4.78 is 7.19. The number of amides is 1. The molecular formula is C18H21N5O2. The Hall–Kier alpha value is -2.85. The molecule has 2 heterocycles. The standard InChI is InChI=1S/C18H21N5O2/c1-21-9-15(8-20-21)13-4-6-14(7-5-13)18(24)22(2)16-10-23(12-19)11-17(16)25-3/h4-9,16-17H,10-11H2,1-3H3/t16-,17-/m1/s1. The number of hydrogen-bond acceptors (Lipinski definition) is 5. The van der Waals surface area contributed by atoms with Crippen molar-refractivity contribution in [2.75, 3.05) is 27.2 Å². The minimum atomic E-state index is -0.164. The van der Waals surface area contributed by atoms with Gasteiger partial charge in [0.05, 0.1) is 31.4 Å². The Morgan fingerprint density at radius 2 is 2.04 bits per heavy atom. The van der Waals surface area contributed by atoms with Crippen LogP contribution in [0.15, 0.2) is 36.7 Å². The zero-order chi connectivity index (χ0) is 18.0. The van der Waals surface area contributed by atoms with Crippen LogP contribution < -0.4 is 0 Å². The number of nitrogens with zero attached hydrogens (tertiary/aromatic N) is 5. The number of likely N-dealkylation sites (N-methyl/N-ethyl adjacent to an activating group) is 1. The minimum absolute atomic E-state index is 0.0791. The molecule has 0 N–H and O–H groups in total. The van der Waals surface area contributed by atoms with E-state index < -0.39 is 0 Å². The second kappa shape index (κ2) is 6.95. The van der Waals surface area contributed by atoms with Crippen LogP contribution in [-0.2, 0) is 11.8 Å². The van der Waals surface area contributed by atoms with Crippen molar-refractivity contribution in [3.05, 3.63) is 42.2 Å². The van der Waals surface area contributed by atoms with E-state index in [0.29, 0.717) is 18.7 Å². The van der Waals surface area contributed by atoms with Crippen molar-refractivity contribution in [2.45, 2.75) is 12.1 Å². The van der Waals surface area contributed by atoms with E-state index >= 15 is 0 Å². The molecule has 1 aromatic heterocycles. The van der Waals surface area contributed by atoms with E-state index in [1.165, 1.54) is 0 Å². The quantitative estimate of drug-likeness (QED) is 0.786. The Morgan fingerprint density at radius 1 is 1.32 bits per heavy atom. The number of benzene rings is 1. The zero-order valence-corrected chi connectivity index (χ0v) is 14.6. The number of ether oxygens (including phenoxy) is 1. The first kappa shape index (κ1) is 17.0. The van der Waals surface area contributed by atoms with Crippen LogP contribution in [0.3, 0.4) is 0 Å². The van der Waals surface area contributed by atoms with Gasteiger partial charge in [-0.15, -0.1) is 0 Å². The Morgan fingerprint density at radius 3 is 2.60 bits per heavy atom. The lowest BCUT2D eigenvalue weighted by Crippen LogP contribution is -2.44. The van der Waals surface area contributed by atoms with Crippen molar-refractivity contribution in [1.82, 2.24) is 19.6 Å². The summed E-state index contributed by atoms with van der Waals surface area (Å²) >= 11 is 0. The number of likely N-dealkylation sites (tertiary alicyclic amines) is 1. The van der Waals surface area contributed by atoms with Gasteiger partial charge in [-0.25, -0.2) is 0 Å². The number of hydrogen-bond donors (Lipinski definition) is 0. The number of aromatic nitrogens is 2. The van der Waals surface area contributed by atoms with Gasteiger partial charge in [-0.1, -0.05) is 12.1 Å². The fourth-order valence-electron chi connectivity index (χ4n) is 3.17. The summed E-state index contributed by atoms with van der Waals surface area (Å²) in [5.74, 6) is -0.0791. The molecule has 1 amide bonds. The zero-order valence-electron chi connectivity index (χ0n) is 14.6. The topological polar surface area (TPSA) is 74.4 Å². The maximum atomic E-state index is 12.8. The summed E-state index contributed by atoms with van der Waals surface area (Å²) in [5.41, 5.74) is 2.63. The van der Waals surface area contributed by atoms with E-state index in [1.807, 2.05) is 37.5 Å². The predicted octanol–water partition coefficient (Wildman–Crippen LogP) is 1.34. The Bertz CT molecular complexity index is 793. The molecular weight excluding hydrogens is 318 g/mol. The molecule has 3 rings (SSSR count). The number of methoxy groups -OCH3 is 1. The van der Waals surface area contributed by atoms with E-state index in [-0.39, 0.29) is 18.1 Å². The number of aryl methyl sites for hydroxylation is 1. The van der Waals surface area contributed by atoms with Crippen molar-refractivity contribution in [3.8, 4) is 17.3 Å². The average molecular weight is 339 g/mol. The fraction of sp³-hybridized carbons (Fsp3) is 0.389. The SMILES string of the molecule is CO[C@@H]1CN(C#N)C[C@H]1N(C)C(=O)c1ccc(-c2cnn(C)c2)cc1. The molecule has 0 radical (unpaired) electrons. The third-order valence-corrected chi connectivity index (χ3v) is 4.67. The second-order valence-corrected chi connectivity index (χ2v) is 6.24. The van der Waals surface area contributed by atoms with Crippen LogP contribution in [-0.4, -0.2) is 64.9 Å². The fourth-order valence-corrected chi connectivity index (χ4v) is 3.17. The van der Waals surface area contributed by atoms with Crippen molar-refractivity contribution >= 4 is 5.91 Å². The maximum absolute atomic E-state index is 12.8. The summed E-state index contributed by atoms with van der Waals surface area (Å²) in [5, 5.41) is 13.2. The first-order valence-electron chi connectivity index (χ1n) is 8.07. The second-order valence-electron chi connectivity index (χ2n) is 6.24. The van der Waals surface area contributed by atoms with Gasteiger partial charge in [-0.05, 0) is 17.7 Å². The van der Waals surface area contributed by atoms with E-state index in [1.54, 1.807) is 34.8 Å². The van der Waals surface area contributed by atoms with Crippen molar-refractivity contribution in [3.63, 3.8) is 0 Å². The first-order chi connectivity index (χ1) is 12.0. The predicted molar refractivity (Wildman–Crippen MR) is 92.5 cm³/mol. The van der Waals surface area contributed by atoms with Crippen molar-refractivity contribution in [1.29, 1.82) is 5.26 Å². The Kier molecular flexibility index (Phi) is 4.72. The van der Waals surface area contributed by atoms with Crippen molar-refractivity contribution < 1.29 is 9.53 Å². The van der Waals surface area contributed by atoms with Crippen LogP contribution >= 0.6 is 0 Å². The van der Waals surface area contributed by atoms with Gasteiger partial charge in [-0.3, -0.25) is 9.48 Å². The summed E-state index contributed by atoms with van der Waals surface area (Å²) in [6.45, 7) is 1.00. The van der Waals surface area contributed by atoms with Gasteiger partial charge in [0.1, 0.15) is 0 Å². The molecule has 1 saturated heterocycles. The molecule has 1 aliphatic rings. The van der Waals surface area contributed by atoms with Gasteiger partial charge in [0.2, 0.25) is 0 Å². The molecule has 0 bridgehead atoms. The summed E-state index contributed by atoms with van der Waals surface area (Å²) in [6.07, 6.45) is 5.69. The van der Waals surface area contributed by atoms with Crippen LogP contribution in [0.4, 0.5) is 0 Å². The molecule has 1 fully saturated rings. The van der Waals surface area contributed by atoms with Crippen LogP contribution in [0.5, 0.6) is 0 Å². The molecule has 0 saturated carbocycles. The first-order valence-corrected chi connectivity index (χ1v) is 8.07. The molecule has 1 aliphatic heterocycles. The molecule has 1 aromatic carbocycles. The maximum Gasteiger partial charge on any atom is 0.253 e. The molecule has 7 heteroatoms. The normalized spacial score (nSPS) is 19.7. The lowest BCUT2D eigenvalue weighted by Gasteiger charge is -2.28. The lowest BCUT2D eigenvalue weighted by molar-refractivity contribution is 0.0418. The monoisotopic (exact) mass is 339 g/mol. The van der Waals surface area contributed by atoms with E-state index in [9.17, 15) is 4.79 Å². The van der Waals surface area contributed by atoms with Crippen LogP contribution in [0, 0.1) is 11.5 Å². The molecule has 0 spiro atoms. The molecule has 25 heavy (non-hydrogen) atoms. The Balaban J connectivity index is 1.75. The molecule has 0 aliphatic carbocycles. The summed E-state index contributed by atoms with van der Waals surface area (Å²) in [4.78, 5) is 16.1. The van der Waals surface area contributed by atoms with Crippen LogP contribution in [0.25, 0.3) is 11.1 Å². The smallest absolute Gasteiger partial charge is 0.253 e. The number of rotatable bonds is 4. The van der Waals surface area contributed by atoms with Gasteiger partial charge in [0, 0.05) is 38.5 Å². The number of nitriles is 1. The molecule has 7 nitrogen and oxygen atoms in total. The Labute approximate surface area is 147 Å². The third-order valence-electron chi connectivity index (χ3n) is 4.67. The van der Waals surface area contributed by atoms with Crippen LogP contribution in [0.2, 0.25) is 0 Å². The number of carbonyl (C=O) groups is 1. The van der Waals surface area contributed by atoms with Gasteiger partial charge >= 0.3 is 0 Å². The van der Waals surface area contributed by atoms with E-state index in [0.717, 1.165) is 11.1 Å². The third kappa shape index (κ3) is 3.35. The number of carbonyl (C=O) groups excluding carboxylic acids is 1. The van der Waals surface area contributed by atoms with Gasteiger partial charge in [-0.2, -0.15) is 10.4 Å². The highest BCUT2D eigenvalue weighted by Gasteiger charge is 2.37. The molecule has 0 unspecified atom stereocenters. The highest BCUT2D eigenvalue weighted by Crippen LogP contribution is 2.22. The minimum Gasteiger partial charge on any atom is -0.377 e. The molecule has 130 valence electrons. The average Bonchev–Trinajstić information content (AvgIpc) is 3.26. The van der Waals surface area contributed by atoms with Crippen molar-refractivity contribution in [2.24, 2.45) is 7.05 Å². The lowest BCUT2D eigenvalue weighted by atomic mass is 10.1. The summed E-state index contributed by atoms with van der Waals surface area (Å²) in [7, 11) is 5.24.